The van der Waals surface area contributed by atoms with Gasteiger partial charge in [0.1, 0.15) is 0 Å². The van der Waals surface area contributed by atoms with Crippen molar-refractivity contribution in [3.63, 3.8) is 0 Å². The lowest BCUT2D eigenvalue weighted by molar-refractivity contribution is -0.120. The van der Waals surface area contributed by atoms with Crippen LogP contribution in [0.2, 0.25) is 0 Å². The molecule has 0 aromatic heterocycles. The number of anilines is 1. The molecule has 1 aromatic rings. The van der Waals surface area contributed by atoms with E-state index in [1.807, 2.05) is 24.3 Å². The van der Waals surface area contributed by atoms with E-state index in [0.29, 0.717) is 19.0 Å². The molecule has 2 rings (SSSR count). The number of morpholine rings is 1. The van der Waals surface area contributed by atoms with Crippen molar-refractivity contribution < 1.29 is 9.53 Å². The van der Waals surface area contributed by atoms with Crippen LogP contribution in [0.15, 0.2) is 24.3 Å². The Morgan fingerprint density at radius 2 is 2.00 bits per heavy atom. The van der Waals surface area contributed by atoms with E-state index in [-0.39, 0.29) is 5.91 Å². The Morgan fingerprint density at radius 1 is 1.35 bits per heavy atom. The zero-order valence-corrected chi connectivity index (χ0v) is 12.0. The Hall–Kier alpha value is -1.59. The Morgan fingerprint density at radius 3 is 2.65 bits per heavy atom. The van der Waals surface area contributed by atoms with Crippen molar-refractivity contribution in [1.82, 2.24) is 10.2 Å². The van der Waals surface area contributed by atoms with Gasteiger partial charge < -0.3 is 15.8 Å². The topological polar surface area (TPSA) is 67.6 Å². The highest BCUT2D eigenvalue weighted by Crippen LogP contribution is 2.06. The summed E-state index contributed by atoms with van der Waals surface area (Å²) >= 11 is 0. The fourth-order valence-electron chi connectivity index (χ4n) is 2.29. The van der Waals surface area contributed by atoms with Crippen LogP contribution in [0.4, 0.5) is 5.69 Å². The van der Waals surface area contributed by atoms with Gasteiger partial charge in [0.05, 0.1) is 19.6 Å². The second-order valence-corrected chi connectivity index (χ2v) is 5.22. The van der Waals surface area contributed by atoms with Gasteiger partial charge in [-0.2, -0.15) is 0 Å². The SMILES string of the molecule is CC(CNC(=O)Cc1ccc(N)cc1)N1CCOCC1. The van der Waals surface area contributed by atoms with E-state index in [1.54, 1.807) is 0 Å². The minimum absolute atomic E-state index is 0.0508. The quantitative estimate of drug-likeness (QED) is 0.775. The van der Waals surface area contributed by atoms with Crippen molar-refractivity contribution in [2.45, 2.75) is 19.4 Å². The average molecular weight is 277 g/mol. The van der Waals surface area contributed by atoms with Crippen molar-refractivity contribution in [3.8, 4) is 0 Å². The highest BCUT2D eigenvalue weighted by Gasteiger charge is 2.17. The number of carbonyl (C=O) groups excluding carboxylic acids is 1. The molecule has 0 aliphatic carbocycles. The molecule has 20 heavy (non-hydrogen) atoms. The molecule has 1 heterocycles. The van der Waals surface area contributed by atoms with Crippen LogP contribution >= 0.6 is 0 Å². The number of nitrogens with one attached hydrogen (secondary N) is 1. The monoisotopic (exact) mass is 277 g/mol. The molecular formula is C15H23N3O2. The van der Waals surface area contributed by atoms with E-state index in [2.05, 4.69) is 17.1 Å². The number of nitrogens with two attached hydrogens (primary N) is 1. The number of hydrogen-bond donors (Lipinski definition) is 2. The lowest BCUT2D eigenvalue weighted by Gasteiger charge is -2.32. The number of carbonyl (C=O) groups is 1. The molecular weight excluding hydrogens is 254 g/mol. The predicted octanol–water partition coefficient (Wildman–Crippen LogP) is 0.648. The normalized spacial score (nSPS) is 17.6. The molecule has 5 heteroatoms. The molecule has 1 atom stereocenters. The summed E-state index contributed by atoms with van der Waals surface area (Å²) in [4.78, 5) is 14.2. The number of nitrogens with zero attached hydrogens (tertiary/aromatic N) is 1. The third kappa shape index (κ3) is 4.51. The highest BCUT2D eigenvalue weighted by molar-refractivity contribution is 5.78. The fourth-order valence-corrected chi connectivity index (χ4v) is 2.29. The van der Waals surface area contributed by atoms with Gasteiger partial charge in [0.2, 0.25) is 5.91 Å². The van der Waals surface area contributed by atoms with Crippen LogP contribution in [0.3, 0.4) is 0 Å². The van der Waals surface area contributed by atoms with Gasteiger partial charge in [0, 0.05) is 31.4 Å². The summed E-state index contributed by atoms with van der Waals surface area (Å²) in [5, 5.41) is 2.99. The van der Waals surface area contributed by atoms with E-state index >= 15 is 0 Å². The standard InChI is InChI=1S/C15H23N3O2/c1-12(18-6-8-20-9-7-18)11-17-15(19)10-13-2-4-14(16)5-3-13/h2-5,12H,6-11,16H2,1H3,(H,17,19). The third-order valence-corrected chi connectivity index (χ3v) is 3.61. The van der Waals surface area contributed by atoms with Crippen molar-refractivity contribution in [3.05, 3.63) is 29.8 Å². The number of hydrogen-bond acceptors (Lipinski definition) is 4. The molecule has 0 radical (unpaired) electrons. The first kappa shape index (κ1) is 14.8. The summed E-state index contributed by atoms with van der Waals surface area (Å²) in [6, 6.07) is 7.76. The average Bonchev–Trinajstić information content (AvgIpc) is 2.48. The van der Waals surface area contributed by atoms with E-state index in [0.717, 1.165) is 37.6 Å². The lowest BCUT2D eigenvalue weighted by atomic mass is 10.1. The molecule has 5 nitrogen and oxygen atoms in total. The van der Waals surface area contributed by atoms with Gasteiger partial charge in [-0.1, -0.05) is 12.1 Å². The molecule has 0 spiro atoms. The van der Waals surface area contributed by atoms with Gasteiger partial charge in [-0.15, -0.1) is 0 Å². The third-order valence-electron chi connectivity index (χ3n) is 3.61. The summed E-state index contributed by atoms with van der Waals surface area (Å²) in [6.45, 7) is 6.25. The van der Waals surface area contributed by atoms with E-state index in [4.69, 9.17) is 10.5 Å². The molecule has 1 aliphatic heterocycles. The zero-order valence-electron chi connectivity index (χ0n) is 12.0. The first-order valence-electron chi connectivity index (χ1n) is 7.08. The van der Waals surface area contributed by atoms with Crippen molar-refractivity contribution in [2.75, 3.05) is 38.6 Å². The second kappa shape index (κ2) is 7.26. The predicted molar refractivity (Wildman–Crippen MR) is 79.4 cm³/mol. The molecule has 1 unspecified atom stereocenters. The first-order valence-corrected chi connectivity index (χ1v) is 7.08. The maximum atomic E-state index is 11.9. The minimum atomic E-state index is 0.0508. The van der Waals surface area contributed by atoms with Gasteiger partial charge in [-0.05, 0) is 24.6 Å². The Kier molecular flexibility index (Phi) is 5.38. The van der Waals surface area contributed by atoms with E-state index < -0.39 is 0 Å². The minimum Gasteiger partial charge on any atom is -0.399 e. The summed E-state index contributed by atoms with van der Waals surface area (Å²) < 4.78 is 5.32. The second-order valence-electron chi connectivity index (χ2n) is 5.22. The van der Waals surface area contributed by atoms with Gasteiger partial charge in [-0.3, -0.25) is 9.69 Å². The molecule has 1 amide bonds. The Labute approximate surface area is 120 Å². The smallest absolute Gasteiger partial charge is 0.224 e. The number of amides is 1. The Balaban J connectivity index is 1.72. The van der Waals surface area contributed by atoms with Crippen LogP contribution < -0.4 is 11.1 Å². The van der Waals surface area contributed by atoms with E-state index in [1.165, 1.54) is 0 Å². The first-order chi connectivity index (χ1) is 9.65. The molecule has 1 aromatic carbocycles. The lowest BCUT2D eigenvalue weighted by Crippen LogP contribution is -2.47. The molecule has 0 bridgehead atoms. The molecule has 3 N–H and O–H groups in total. The number of ether oxygens (including phenoxy) is 1. The van der Waals surface area contributed by atoms with Gasteiger partial charge in [0.15, 0.2) is 0 Å². The van der Waals surface area contributed by atoms with Gasteiger partial charge in [-0.25, -0.2) is 0 Å². The molecule has 110 valence electrons. The van der Waals surface area contributed by atoms with Crippen molar-refractivity contribution in [1.29, 1.82) is 0 Å². The summed E-state index contributed by atoms with van der Waals surface area (Å²) in [5.74, 6) is 0.0508. The number of benzene rings is 1. The largest absolute Gasteiger partial charge is 0.399 e. The zero-order chi connectivity index (χ0) is 14.4. The summed E-state index contributed by atoms with van der Waals surface area (Å²) in [5.41, 5.74) is 7.32. The van der Waals surface area contributed by atoms with Crippen LogP contribution in [-0.2, 0) is 16.0 Å². The van der Waals surface area contributed by atoms with Crippen LogP contribution in [0.5, 0.6) is 0 Å². The summed E-state index contributed by atoms with van der Waals surface area (Å²) in [6.07, 6.45) is 0.399. The molecule has 1 saturated heterocycles. The van der Waals surface area contributed by atoms with Gasteiger partial charge >= 0.3 is 0 Å². The van der Waals surface area contributed by atoms with Crippen molar-refractivity contribution >= 4 is 11.6 Å². The molecule has 0 saturated carbocycles. The summed E-state index contributed by atoms with van der Waals surface area (Å²) in [7, 11) is 0. The maximum Gasteiger partial charge on any atom is 0.224 e. The van der Waals surface area contributed by atoms with E-state index in [9.17, 15) is 4.79 Å². The maximum absolute atomic E-state index is 11.9. The van der Waals surface area contributed by atoms with Crippen molar-refractivity contribution in [2.24, 2.45) is 0 Å². The van der Waals surface area contributed by atoms with Crippen LogP contribution in [0.25, 0.3) is 0 Å². The highest BCUT2D eigenvalue weighted by atomic mass is 16.5. The Bertz CT molecular complexity index is 427. The van der Waals surface area contributed by atoms with Crippen LogP contribution in [0.1, 0.15) is 12.5 Å². The fraction of sp³-hybridized carbons (Fsp3) is 0.533. The molecule has 1 aliphatic rings. The van der Waals surface area contributed by atoms with Gasteiger partial charge in [0.25, 0.3) is 0 Å². The number of nitrogen functional groups attached to an aromatic ring is 1. The van der Waals surface area contributed by atoms with Crippen LogP contribution in [-0.4, -0.2) is 49.7 Å². The number of rotatable bonds is 5. The molecule has 1 fully saturated rings. The van der Waals surface area contributed by atoms with Crippen LogP contribution in [0, 0.1) is 0 Å².